The van der Waals surface area contributed by atoms with E-state index in [1.54, 1.807) is 18.2 Å². The van der Waals surface area contributed by atoms with Crippen LogP contribution in [0.1, 0.15) is 20.8 Å². The van der Waals surface area contributed by atoms with Gasteiger partial charge in [0.25, 0.3) is 0 Å². The van der Waals surface area contributed by atoms with Gasteiger partial charge < -0.3 is 5.73 Å². The van der Waals surface area contributed by atoms with Gasteiger partial charge in [-0.15, -0.1) is 0 Å². The molecule has 0 saturated carbocycles. The largest absolute Gasteiger partial charge is 0.384 e. The molecule has 12 heavy (non-hydrogen) atoms. The van der Waals surface area contributed by atoms with Crippen LogP contribution in [0, 0.1) is 5.41 Å². The number of amidine groups is 1. The average Bonchev–Trinajstić information content (AvgIpc) is 2.08. The van der Waals surface area contributed by atoms with Crippen LogP contribution >= 0.6 is 0 Å². The first-order valence-electron chi connectivity index (χ1n) is 4.02. The van der Waals surface area contributed by atoms with E-state index in [0.717, 1.165) is 0 Å². The van der Waals surface area contributed by atoms with Gasteiger partial charge in [-0.2, -0.15) is 0 Å². The zero-order chi connectivity index (χ0) is 9.98. The van der Waals surface area contributed by atoms with Crippen LogP contribution in [0.25, 0.3) is 0 Å². The van der Waals surface area contributed by atoms with E-state index in [9.17, 15) is 0 Å². The number of allylic oxidation sites excluding steroid dienone is 3. The highest BCUT2D eigenvalue weighted by Gasteiger charge is 1.90. The van der Waals surface area contributed by atoms with Crippen LogP contribution in [0.4, 0.5) is 0 Å². The molecule has 0 aromatic rings. The molecule has 2 nitrogen and oxygen atoms in total. The van der Waals surface area contributed by atoms with Crippen LogP contribution < -0.4 is 5.73 Å². The molecular weight excluding hydrogens is 148 g/mol. The molecule has 0 heterocycles. The predicted octanol–water partition coefficient (Wildman–Crippen LogP) is 2.64. The maximum atomic E-state index is 7.07. The molecule has 0 aliphatic rings. The summed E-state index contributed by atoms with van der Waals surface area (Å²) in [5.74, 6) is 0.0676. The van der Waals surface area contributed by atoms with Gasteiger partial charge >= 0.3 is 0 Å². The monoisotopic (exact) mass is 166 g/mol. The highest BCUT2D eigenvalue weighted by atomic mass is 14.7. The minimum absolute atomic E-state index is 0.0676. The topological polar surface area (TPSA) is 49.9 Å². The summed E-state index contributed by atoms with van der Waals surface area (Å²) in [6, 6.07) is 0. The van der Waals surface area contributed by atoms with E-state index in [0.29, 0.717) is 5.57 Å². The third kappa shape index (κ3) is 6.81. The summed E-state index contributed by atoms with van der Waals surface area (Å²) in [6.07, 6.45) is 6.90. The Bertz CT molecular complexity index is 188. The minimum Gasteiger partial charge on any atom is -0.384 e. The fraction of sp³-hybridized carbons (Fsp3) is 0.300. The van der Waals surface area contributed by atoms with Crippen molar-refractivity contribution < 1.29 is 0 Å². The van der Waals surface area contributed by atoms with Gasteiger partial charge in [-0.05, 0) is 6.92 Å². The molecule has 0 amide bonds. The van der Waals surface area contributed by atoms with Crippen LogP contribution in [0.15, 0.2) is 36.5 Å². The second-order valence-electron chi connectivity index (χ2n) is 1.77. The molecule has 0 saturated heterocycles. The van der Waals surface area contributed by atoms with Crippen molar-refractivity contribution in [2.75, 3.05) is 0 Å². The van der Waals surface area contributed by atoms with Crippen molar-refractivity contribution in [2.45, 2.75) is 20.8 Å². The number of hydrogen-bond acceptors (Lipinski definition) is 1. The number of nitrogens with one attached hydrogen (secondary N) is 1. The number of nitrogens with two attached hydrogens (primary N) is 1. The van der Waals surface area contributed by atoms with Crippen LogP contribution in [-0.4, -0.2) is 5.84 Å². The summed E-state index contributed by atoms with van der Waals surface area (Å²) in [5, 5.41) is 7.07. The Morgan fingerprint density at radius 2 is 1.92 bits per heavy atom. The molecular formula is C10H18N2. The predicted molar refractivity (Wildman–Crippen MR) is 56.4 cm³/mol. The van der Waals surface area contributed by atoms with Crippen LogP contribution in [0.3, 0.4) is 0 Å². The van der Waals surface area contributed by atoms with Crippen molar-refractivity contribution in [2.24, 2.45) is 5.73 Å². The molecule has 68 valence electrons. The Balaban J connectivity index is 0. The Morgan fingerprint density at radius 3 is 2.17 bits per heavy atom. The van der Waals surface area contributed by atoms with Gasteiger partial charge in [0.05, 0.1) is 0 Å². The third-order valence-corrected chi connectivity index (χ3v) is 0.955. The van der Waals surface area contributed by atoms with Gasteiger partial charge in [0.1, 0.15) is 5.84 Å². The third-order valence-electron chi connectivity index (χ3n) is 0.955. The Kier molecular flexibility index (Phi) is 10.7. The summed E-state index contributed by atoms with van der Waals surface area (Å²) in [5.41, 5.74) is 5.92. The quantitative estimate of drug-likeness (QED) is 0.378. The van der Waals surface area contributed by atoms with Crippen LogP contribution in [0.2, 0.25) is 0 Å². The molecule has 0 aliphatic carbocycles. The van der Waals surface area contributed by atoms with E-state index in [1.807, 2.05) is 26.8 Å². The normalized spacial score (nSPS) is 10.4. The van der Waals surface area contributed by atoms with Crippen molar-refractivity contribution in [1.29, 1.82) is 5.41 Å². The standard InChI is InChI=1S/C8H12N2.C2H6/c1-3-5-7(6-4-2)8(9)10;1-2/h3-6H,1H2,2H3,(H3,9,10);1-2H3/b6-4-,7-5+;. The summed E-state index contributed by atoms with van der Waals surface area (Å²) in [6.45, 7) is 9.38. The SMILES string of the molecule is C=C/C=C(\C=C/C)C(=N)N.CC. The molecule has 0 unspecified atom stereocenters. The summed E-state index contributed by atoms with van der Waals surface area (Å²) in [7, 11) is 0. The summed E-state index contributed by atoms with van der Waals surface area (Å²) >= 11 is 0. The van der Waals surface area contributed by atoms with E-state index in [1.165, 1.54) is 0 Å². The van der Waals surface area contributed by atoms with Gasteiger partial charge in [0.2, 0.25) is 0 Å². The second kappa shape index (κ2) is 9.69. The summed E-state index contributed by atoms with van der Waals surface area (Å²) in [4.78, 5) is 0. The average molecular weight is 166 g/mol. The Morgan fingerprint density at radius 1 is 1.42 bits per heavy atom. The molecule has 0 fully saturated rings. The molecule has 0 aromatic heterocycles. The highest BCUT2D eigenvalue weighted by Crippen LogP contribution is 1.95. The van der Waals surface area contributed by atoms with Gasteiger partial charge in [-0.25, -0.2) is 0 Å². The smallest absolute Gasteiger partial charge is 0.122 e. The van der Waals surface area contributed by atoms with E-state index in [-0.39, 0.29) is 5.84 Å². The first-order chi connectivity index (χ1) is 5.72. The second-order valence-corrected chi connectivity index (χ2v) is 1.77. The minimum atomic E-state index is 0.0676. The van der Waals surface area contributed by atoms with Gasteiger partial charge in [0.15, 0.2) is 0 Å². The fourth-order valence-electron chi connectivity index (χ4n) is 0.542. The number of hydrogen-bond donors (Lipinski definition) is 2. The maximum Gasteiger partial charge on any atom is 0.122 e. The van der Waals surface area contributed by atoms with Gasteiger partial charge in [-0.3, -0.25) is 5.41 Å². The Hall–Kier alpha value is -1.31. The molecule has 0 radical (unpaired) electrons. The van der Waals surface area contributed by atoms with Crippen molar-refractivity contribution in [1.82, 2.24) is 0 Å². The first kappa shape index (κ1) is 13.3. The molecule has 0 rings (SSSR count). The van der Waals surface area contributed by atoms with Crippen molar-refractivity contribution in [3.8, 4) is 0 Å². The lowest BCUT2D eigenvalue weighted by Gasteiger charge is -1.94. The van der Waals surface area contributed by atoms with Crippen LogP contribution in [0.5, 0.6) is 0 Å². The van der Waals surface area contributed by atoms with Gasteiger partial charge in [0, 0.05) is 5.57 Å². The van der Waals surface area contributed by atoms with Crippen molar-refractivity contribution >= 4 is 5.84 Å². The van der Waals surface area contributed by atoms with E-state index in [2.05, 4.69) is 6.58 Å². The van der Waals surface area contributed by atoms with E-state index < -0.39 is 0 Å². The van der Waals surface area contributed by atoms with Crippen molar-refractivity contribution in [3.63, 3.8) is 0 Å². The fourth-order valence-corrected chi connectivity index (χ4v) is 0.542. The molecule has 0 aromatic carbocycles. The van der Waals surface area contributed by atoms with Gasteiger partial charge in [-0.1, -0.05) is 44.7 Å². The maximum absolute atomic E-state index is 7.07. The van der Waals surface area contributed by atoms with Crippen molar-refractivity contribution in [3.05, 3.63) is 36.5 Å². The molecule has 0 aliphatic heterocycles. The Labute approximate surface area is 75.0 Å². The molecule has 2 heteroatoms. The summed E-state index contributed by atoms with van der Waals surface area (Å²) < 4.78 is 0. The lowest BCUT2D eigenvalue weighted by Crippen LogP contribution is -2.10. The van der Waals surface area contributed by atoms with E-state index in [4.69, 9.17) is 11.1 Å². The first-order valence-corrected chi connectivity index (χ1v) is 4.02. The molecule has 0 spiro atoms. The zero-order valence-electron chi connectivity index (χ0n) is 8.09. The lowest BCUT2D eigenvalue weighted by molar-refractivity contribution is 1.43. The van der Waals surface area contributed by atoms with Crippen LogP contribution in [-0.2, 0) is 0 Å². The molecule has 0 bridgehead atoms. The zero-order valence-corrected chi connectivity index (χ0v) is 8.09. The van der Waals surface area contributed by atoms with E-state index >= 15 is 0 Å². The number of rotatable bonds is 3. The molecule has 0 atom stereocenters. The molecule has 3 N–H and O–H groups in total. The lowest BCUT2D eigenvalue weighted by atomic mass is 10.2. The highest BCUT2D eigenvalue weighted by molar-refractivity contribution is 5.97.